The van der Waals surface area contributed by atoms with Gasteiger partial charge >= 0.3 is 0 Å². The molecule has 0 aliphatic heterocycles. The molecule has 2 N–H and O–H groups in total. The lowest BCUT2D eigenvalue weighted by molar-refractivity contribution is 0.714. The van der Waals surface area contributed by atoms with E-state index < -0.39 is 0 Å². The molecule has 4 nitrogen and oxygen atoms in total. The molecule has 0 unspecified atom stereocenters. The summed E-state index contributed by atoms with van der Waals surface area (Å²) >= 11 is 1.61. The van der Waals surface area contributed by atoms with E-state index in [2.05, 4.69) is 32.6 Å². The van der Waals surface area contributed by atoms with E-state index in [-0.39, 0.29) is 0 Å². The second-order valence-corrected chi connectivity index (χ2v) is 3.72. The van der Waals surface area contributed by atoms with Gasteiger partial charge in [-0.3, -0.25) is 0 Å². The van der Waals surface area contributed by atoms with Crippen molar-refractivity contribution in [3.05, 3.63) is 23.5 Å². The van der Waals surface area contributed by atoms with Crippen molar-refractivity contribution < 1.29 is 0 Å². The van der Waals surface area contributed by atoms with Crippen LogP contribution in [0.1, 0.15) is 12.6 Å². The summed E-state index contributed by atoms with van der Waals surface area (Å²) in [6, 6.07) is 0. The fourth-order valence-electron chi connectivity index (χ4n) is 1.13. The summed E-state index contributed by atoms with van der Waals surface area (Å²) in [5.74, 6) is 0.845. The van der Waals surface area contributed by atoms with Crippen molar-refractivity contribution in [2.24, 2.45) is 0 Å². The molecule has 0 aromatic carbocycles. The van der Waals surface area contributed by atoms with E-state index in [1.807, 2.05) is 0 Å². The Hall–Kier alpha value is -1.20. The maximum absolute atomic E-state index is 4.45. The third-order valence-corrected chi connectivity index (χ3v) is 2.71. The number of imidazole rings is 1. The highest BCUT2D eigenvalue weighted by molar-refractivity contribution is 7.13. The molecular formula is C9H12N4S. The van der Waals surface area contributed by atoms with Gasteiger partial charge in [0.2, 0.25) is 0 Å². The number of thiazole rings is 1. The molecule has 2 rings (SSSR count). The second-order valence-electron chi connectivity index (χ2n) is 2.86. The molecule has 0 aliphatic rings. The molecule has 0 saturated heterocycles. The first kappa shape index (κ1) is 9.36. The summed E-state index contributed by atoms with van der Waals surface area (Å²) in [6.07, 6.45) is 3.54. The Morgan fingerprint density at radius 2 is 2.50 bits per heavy atom. The van der Waals surface area contributed by atoms with Gasteiger partial charge < -0.3 is 10.3 Å². The van der Waals surface area contributed by atoms with Crippen LogP contribution >= 0.6 is 11.3 Å². The maximum atomic E-state index is 4.45. The Morgan fingerprint density at radius 3 is 3.21 bits per heavy atom. The van der Waals surface area contributed by atoms with Crippen LogP contribution in [0.15, 0.2) is 17.8 Å². The molecule has 0 atom stereocenters. The summed E-state index contributed by atoms with van der Waals surface area (Å²) in [5, 5.41) is 6.24. The fourth-order valence-corrected chi connectivity index (χ4v) is 1.91. The third kappa shape index (κ3) is 2.00. The molecule has 0 saturated carbocycles. The van der Waals surface area contributed by atoms with Crippen molar-refractivity contribution in [2.75, 3.05) is 6.54 Å². The monoisotopic (exact) mass is 208 g/mol. The zero-order chi connectivity index (χ0) is 9.80. The summed E-state index contributed by atoms with van der Waals surface area (Å²) in [4.78, 5) is 11.6. The van der Waals surface area contributed by atoms with Crippen LogP contribution in [0, 0.1) is 0 Å². The van der Waals surface area contributed by atoms with Gasteiger partial charge in [-0.15, -0.1) is 11.3 Å². The molecule has 0 aliphatic carbocycles. The lowest BCUT2D eigenvalue weighted by Gasteiger charge is -1.95. The van der Waals surface area contributed by atoms with E-state index in [0.29, 0.717) is 0 Å². The van der Waals surface area contributed by atoms with Gasteiger partial charge in [0, 0.05) is 24.3 Å². The van der Waals surface area contributed by atoms with E-state index in [0.717, 1.165) is 29.6 Å². The van der Waals surface area contributed by atoms with Gasteiger partial charge in [0.15, 0.2) is 10.8 Å². The number of nitrogens with zero attached hydrogens (tertiary/aromatic N) is 2. The van der Waals surface area contributed by atoms with Gasteiger partial charge in [0.1, 0.15) is 0 Å². The largest absolute Gasteiger partial charge is 0.343 e. The lowest BCUT2D eigenvalue weighted by atomic mass is 10.5. The zero-order valence-electron chi connectivity index (χ0n) is 7.95. The number of H-pyrrole nitrogens is 1. The Balaban J connectivity index is 2.10. The highest BCUT2D eigenvalue weighted by Crippen LogP contribution is 2.19. The topological polar surface area (TPSA) is 53.6 Å². The van der Waals surface area contributed by atoms with Crippen LogP contribution in [-0.4, -0.2) is 21.5 Å². The fraction of sp³-hybridized carbons (Fsp3) is 0.333. The van der Waals surface area contributed by atoms with Gasteiger partial charge in [-0.25, -0.2) is 9.97 Å². The van der Waals surface area contributed by atoms with Crippen molar-refractivity contribution in [2.45, 2.75) is 13.5 Å². The minimum absolute atomic E-state index is 0.827. The average molecular weight is 208 g/mol. The van der Waals surface area contributed by atoms with Crippen LogP contribution in [0.2, 0.25) is 0 Å². The molecule has 2 heterocycles. The van der Waals surface area contributed by atoms with E-state index >= 15 is 0 Å². The molecule has 14 heavy (non-hydrogen) atoms. The van der Waals surface area contributed by atoms with Crippen molar-refractivity contribution in [1.82, 2.24) is 20.3 Å². The molecule has 2 aromatic rings. The van der Waals surface area contributed by atoms with Crippen LogP contribution in [0.3, 0.4) is 0 Å². The summed E-state index contributed by atoms with van der Waals surface area (Å²) < 4.78 is 0. The lowest BCUT2D eigenvalue weighted by Crippen LogP contribution is -2.11. The van der Waals surface area contributed by atoms with Gasteiger partial charge in [-0.05, 0) is 6.54 Å². The van der Waals surface area contributed by atoms with Crippen LogP contribution in [0.25, 0.3) is 10.8 Å². The highest BCUT2D eigenvalue weighted by Gasteiger charge is 2.05. The molecule has 0 amide bonds. The number of hydrogen-bond donors (Lipinski definition) is 2. The van der Waals surface area contributed by atoms with Crippen LogP contribution in [0.4, 0.5) is 0 Å². The molecule has 0 spiro atoms. The molecular weight excluding hydrogens is 196 g/mol. The Bertz CT molecular complexity index is 379. The minimum Gasteiger partial charge on any atom is -0.343 e. The predicted molar refractivity (Wildman–Crippen MR) is 57.1 cm³/mol. The van der Waals surface area contributed by atoms with E-state index in [4.69, 9.17) is 0 Å². The smallest absolute Gasteiger partial charge is 0.166 e. The maximum Gasteiger partial charge on any atom is 0.166 e. The van der Waals surface area contributed by atoms with Crippen molar-refractivity contribution >= 4 is 11.3 Å². The molecule has 74 valence electrons. The summed E-state index contributed by atoms with van der Waals surface area (Å²) in [5.41, 5.74) is 1.07. The molecule has 5 heteroatoms. The van der Waals surface area contributed by atoms with Gasteiger partial charge in [-0.1, -0.05) is 6.92 Å². The average Bonchev–Trinajstić information content (AvgIpc) is 2.85. The first-order chi connectivity index (χ1) is 6.90. The zero-order valence-corrected chi connectivity index (χ0v) is 8.77. The van der Waals surface area contributed by atoms with Gasteiger partial charge in [-0.2, -0.15) is 0 Å². The first-order valence-corrected chi connectivity index (χ1v) is 5.43. The second kappa shape index (κ2) is 4.34. The molecule has 0 bridgehead atoms. The van der Waals surface area contributed by atoms with Gasteiger partial charge in [0.25, 0.3) is 0 Å². The van der Waals surface area contributed by atoms with Crippen molar-refractivity contribution in [3.63, 3.8) is 0 Å². The number of aromatic amines is 1. The number of nitrogens with one attached hydrogen (secondary N) is 2. The SMILES string of the molecule is CCNCc1csc(-c2ncc[nH]2)n1. The van der Waals surface area contributed by atoms with Crippen LogP contribution < -0.4 is 5.32 Å². The number of hydrogen-bond acceptors (Lipinski definition) is 4. The highest BCUT2D eigenvalue weighted by atomic mass is 32.1. The van der Waals surface area contributed by atoms with Crippen LogP contribution in [-0.2, 0) is 6.54 Å². The normalized spacial score (nSPS) is 10.6. The quantitative estimate of drug-likeness (QED) is 0.803. The van der Waals surface area contributed by atoms with Crippen LogP contribution in [0.5, 0.6) is 0 Å². The van der Waals surface area contributed by atoms with E-state index in [1.54, 1.807) is 23.7 Å². The van der Waals surface area contributed by atoms with Crippen molar-refractivity contribution in [3.8, 4) is 10.8 Å². The summed E-state index contributed by atoms with van der Waals surface area (Å²) in [7, 11) is 0. The van der Waals surface area contributed by atoms with Crippen molar-refractivity contribution in [1.29, 1.82) is 0 Å². The number of aromatic nitrogens is 3. The van der Waals surface area contributed by atoms with E-state index in [9.17, 15) is 0 Å². The Labute approximate surface area is 86.4 Å². The van der Waals surface area contributed by atoms with E-state index in [1.165, 1.54) is 0 Å². The predicted octanol–water partition coefficient (Wildman–Crippen LogP) is 1.64. The Morgan fingerprint density at radius 1 is 1.57 bits per heavy atom. The number of rotatable bonds is 4. The Kier molecular flexibility index (Phi) is 2.90. The molecule has 0 fully saturated rings. The molecule has 0 radical (unpaired) electrons. The standard InChI is InChI=1S/C9H12N4S/c1-2-10-5-7-6-14-9(13-7)8-11-3-4-12-8/h3-4,6,10H,2,5H2,1H3,(H,11,12). The first-order valence-electron chi connectivity index (χ1n) is 4.55. The minimum atomic E-state index is 0.827. The van der Waals surface area contributed by atoms with Gasteiger partial charge in [0.05, 0.1) is 5.69 Å². The third-order valence-electron chi connectivity index (χ3n) is 1.81. The summed E-state index contributed by atoms with van der Waals surface area (Å²) in [6.45, 7) is 3.88. The molecule has 2 aromatic heterocycles.